The van der Waals surface area contributed by atoms with Crippen LogP contribution in [0.2, 0.25) is 0 Å². The molecular weight excluding hydrogens is 334 g/mol. The number of nitrogens with zero attached hydrogens (tertiary/aromatic N) is 2. The van der Waals surface area contributed by atoms with Gasteiger partial charge in [-0.3, -0.25) is 19.5 Å². The summed E-state index contributed by atoms with van der Waals surface area (Å²) >= 11 is 0. The zero-order chi connectivity index (χ0) is 18.8. The van der Waals surface area contributed by atoms with Crippen LogP contribution in [0.4, 0.5) is 0 Å². The Kier molecular flexibility index (Phi) is 5.18. The molecule has 2 aliphatic heterocycles. The predicted octanol–water partition coefficient (Wildman–Crippen LogP) is 2.03. The molecule has 7 nitrogen and oxygen atoms in total. The molecule has 140 valence electrons. The third-order valence-electron chi connectivity index (χ3n) is 4.67. The zero-order valence-electron chi connectivity index (χ0n) is 15.3. The standard InChI is InChI=1S/C19H25N3O4/c1-12(2)22-18(9-13(3)20-22)21-14(7-8-19(21)25)11-26-17-6-4-5-16(24)15(17)10-23/h4-6,9-10,12-14,20,24H,7-8,11H2,1-3H3. The Balaban J connectivity index is 1.78. The Morgan fingerprint density at radius 3 is 2.88 bits per heavy atom. The van der Waals surface area contributed by atoms with Crippen LogP contribution in [0, 0.1) is 0 Å². The van der Waals surface area contributed by atoms with Gasteiger partial charge in [0, 0.05) is 18.5 Å². The van der Waals surface area contributed by atoms with E-state index < -0.39 is 0 Å². The average molecular weight is 359 g/mol. The Labute approximate surface area is 153 Å². The van der Waals surface area contributed by atoms with Crippen molar-refractivity contribution in [2.24, 2.45) is 0 Å². The second-order valence-electron chi connectivity index (χ2n) is 6.98. The Bertz CT molecular complexity index is 731. The highest BCUT2D eigenvalue weighted by molar-refractivity contribution is 5.83. The minimum Gasteiger partial charge on any atom is -0.507 e. The third-order valence-corrected chi connectivity index (χ3v) is 4.67. The van der Waals surface area contributed by atoms with Gasteiger partial charge in [-0.2, -0.15) is 0 Å². The second-order valence-corrected chi connectivity index (χ2v) is 6.98. The first-order valence-electron chi connectivity index (χ1n) is 8.91. The van der Waals surface area contributed by atoms with Crippen molar-refractivity contribution in [1.82, 2.24) is 15.3 Å². The minimum absolute atomic E-state index is 0.0675. The number of hydrogen-bond acceptors (Lipinski definition) is 6. The van der Waals surface area contributed by atoms with Crippen molar-refractivity contribution in [2.45, 2.75) is 51.7 Å². The van der Waals surface area contributed by atoms with Crippen LogP contribution in [0.15, 0.2) is 30.1 Å². The number of hydrogen-bond donors (Lipinski definition) is 2. The molecule has 2 heterocycles. The minimum atomic E-state index is -0.121. The molecule has 3 rings (SSSR count). The Morgan fingerprint density at radius 2 is 2.19 bits per heavy atom. The van der Waals surface area contributed by atoms with Gasteiger partial charge < -0.3 is 9.84 Å². The van der Waals surface area contributed by atoms with Crippen LogP contribution in [0.1, 0.15) is 44.0 Å². The lowest BCUT2D eigenvalue weighted by Crippen LogP contribution is -2.48. The molecule has 0 saturated carbocycles. The van der Waals surface area contributed by atoms with Gasteiger partial charge in [-0.1, -0.05) is 6.07 Å². The number of ether oxygens (including phenoxy) is 1. The van der Waals surface area contributed by atoms with Gasteiger partial charge in [0.25, 0.3) is 0 Å². The van der Waals surface area contributed by atoms with E-state index in [0.29, 0.717) is 24.9 Å². The first-order valence-corrected chi connectivity index (χ1v) is 8.91. The molecule has 2 aliphatic rings. The van der Waals surface area contributed by atoms with Crippen molar-refractivity contribution in [1.29, 1.82) is 0 Å². The van der Waals surface area contributed by atoms with E-state index in [9.17, 15) is 14.7 Å². The van der Waals surface area contributed by atoms with Gasteiger partial charge in [0.1, 0.15) is 23.9 Å². The highest BCUT2D eigenvalue weighted by Crippen LogP contribution is 2.31. The third kappa shape index (κ3) is 3.39. The fourth-order valence-corrected chi connectivity index (χ4v) is 3.42. The molecule has 0 radical (unpaired) electrons. The molecule has 0 aromatic heterocycles. The van der Waals surface area contributed by atoms with E-state index in [-0.39, 0.29) is 42.0 Å². The summed E-state index contributed by atoms with van der Waals surface area (Å²) in [4.78, 5) is 25.5. The van der Waals surface area contributed by atoms with Crippen LogP contribution >= 0.6 is 0 Å². The van der Waals surface area contributed by atoms with Crippen LogP contribution in [-0.4, -0.2) is 51.9 Å². The Hall–Kier alpha value is -2.54. The molecule has 2 unspecified atom stereocenters. The number of phenolic OH excluding ortho intramolecular Hbond substituents is 1. The normalized spacial score (nSPS) is 22.9. The highest BCUT2D eigenvalue weighted by atomic mass is 16.5. The summed E-state index contributed by atoms with van der Waals surface area (Å²) in [5.41, 5.74) is 3.47. The van der Waals surface area contributed by atoms with Crippen LogP contribution < -0.4 is 10.2 Å². The SMILES string of the molecule is CC1C=C(N2C(=O)CCC2COc2cccc(O)c2C=O)N(C(C)C)N1. The summed E-state index contributed by atoms with van der Waals surface area (Å²) in [6.45, 7) is 6.42. The summed E-state index contributed by atoms with van der Waals surface area (Å²) in [6.07, 6.45) is 3.77. The average Bonchev–Trinajstić information content (AvgIpc) is 3.15. The van der Waals surface area contributed by atoms with Crippen LogP contribution in [0.25, 0.3) is 0 Å². The van der Waals surface area contributed by atoms with E-state index in [2.05, 4.69) is 19.3 Å². The van der Waals surface area contributed by atoms with Crippen molar-refractivity contribution < 1.29 is 19.4 Å². The maximum Gasteiger partial charge on any atom is 0.228 e. The molecule has 1 saturated heterocycles. The summed E-state index contributed by atoms with van der Waals surface area (Å²) in [6, 6.07) is 4.94. The molecule has 26 heavy (non-hydrogen) atoms. The number of aromatic hydroxyl groups is 1. The number of benzene rings is 1. The lowest BCUT2D eigenvalue weighted by Gasteiger charge is -2.34. The second kappa shape index (κ2) is 7.37. The maximum atomic E-state index is 12.5. The van der Waals surface area contributed by atoms with Crippen LogP contribution in [-0.2, 0) is 4.79 Å². The Morgan fingerprint density at radius 1 is 1.42 bits per heavy atom. The van der Waals surface area contributed by atoms with E-state index in [0.717, 1.165) is 5.82 Å². The van der Waals surface area contributed by atoms with E-state index >= 15 is 0 Å². The number of phenols is 1. The van der Waals surface area contributed by atoms with Crippen molar-refractivity contribution in [2.75, 3.05) is 6.61 Å². The fourth-order valence-electron chi connectivity index (χ4n) is 3.42. The number of rotatable bonds is 6. The topological polar surface area (TPSA) is 82.1 Å². The van der Waals surface area contributed by atoms with E-state index in [1.54, 1.807) is 17.0 Å². The summed E-state index contributed by atoms with van der Waals surface area (Å²) in [5, 5.41) is 11.8. The number of hydrazine groups is 1. The quantitative estimate of drug-likeness (QED) is 0.757. The number of aldehydes is 1. The van der Waals surface area contributed by atoms with E-state index in [4.69, 9.17) is 4.74 Å². The molecule has 1 fully saturated rings. The first-order chi connectivity index (χ1) is 12.4. The van der Waals surface area contributed by atoms with Crippen molar-refractivity contribution in [3.8, 4) is 11.5 Å². The lowest BCUT2D eigenvalue weighted by atomic mass is 10.2. The zero-order valence-corrected chi connectivity index (χ0v) is 15.3. The molecular formula is C19H25N3O4. The van der Waals surface area contributed by atoms with Crippen molar-refractivity contribution in [3.05, 3.63) is 35.7 Å². The predicted molar refractivity (Wildman–Crippen MR) is 96.5 cm³/mol. The smallest absolute Gasteiger partial charge is 0.228 e. The summed E-state index contributed by atoms with van der Waals surface area (Å²) < 4.78 is 5.80. The summed E-state index contributed by atoms with van der Waals surface area (Å²) in [7, 11) is 0. The molecule has 1 aromatic rings. The number of amides is 1. The van der Waals surface area contributed by atoms with Gasteiger partial charge in [-0.05, 0) is 45.4 Å². The van der Waals surface area contributed by atoms with Gasteiger partial charge in [0.15, 0.2) is 6.29 Å². The number of likely N-dealkylation sites (tertiary alicyclic amines) is 1. The molecule has 2 N–H and O–H groups in total. The molecule has 2 atom stereocenters. The van der Waals surface area contributed by atoms with Gasteiger partial charge in [0.05, 0.1) is 11.6 Å². The van der Waals surface area contributed by atoms with Crippen LogP contribution in [0.5, 0.6) is 11.5 Å². The first kappa shape index (κ1) is 18.3. The largest absolute Gasteiger partial charge is 0.507 e. The number of nitrogens with one attached hydrogen (secondary N) is 1. The van der Waals surface area contributed by atoms with Gasteiger partial charge in [-0.15, -0.1) is 0 Å². The van der Waals surface area contributed by atoms with Crippen LogP contribution in [0.3, 0.4) is 0 Å². The monoisotopic (exact) mass is 359 g/mol. The summed E-state index contributed by atoms with van der Waals surface area (Å²) in [5.74, 6) is 1.14. The van der Waals surface area contributed by atoms with Gasteiger partial charge in [0.2, 0.25) is 5.91 Å². The van der Waals surface area contributed by atoms with Crippen molar-refractivity contribution in [3.63, 3.8) is 0 Å². The van der Waals surface area contributed by atoms with Gasteiger partial charge in [-0.25, -0.2) is 5.43 Å². The fraction of sp³-hybridized carbons (Fsp3) is 0.474. The lowest BCUT2D eigenvalue weighted by molar-refractivity contribution is -0.128. The maximum absolute atomic E-state index is 12.5. The van der Waals surface area contributed by atoms with E-state index in [1.165, 1.54) is 6.07 Å². The van der Waals surface area contributed by atoms with Crippen molar-refractivity contribution >= 4 is 12.2 Å². The molecule has 0 aliphatic carbocycles. The van der Waals surface area contributed by atoms with Gasteiger partial charge >= 0.3 is 0 Å². The molecule has 1 amide bonds. The molecule has 7 heteroatoms. The number of carbonyl (C=O) groups is 2. The highest BCUT2D eigenvalue weighted by Gasteiger charge is 2.39. The van der Waals surface area contributed by atoms with E-state index in [1.807, 2.05) is 18.0 Å². The molecule has 0 bridgehead atoms. The number of carbonyl (C=O) groups excluding carboxylic acids is 2. The molecule has 1 aromatic carbocycles. The molecule has 0 spiro atoms.